The molecule has 0 aliphatic carbocycles. The van der Waals surface area contributed by atoms with Gasteiger partial charge in [0.25, 0.3) is 0 Å². The average Bonchev–Trinajstić information content (AvgIpc) is 3.23. The number of hydrogen-bond acceptors (Lipinski definition) is 4. The van der Waals surface area contributed by atoms with Crippen LogP contribution < -0.4 is 5.73 Å². The summed E-state index contributed by atoms with van der Waals surface area (Å²) in [4.78, 5) is 4.46. The number of nitrogens with zero attached hydrogens (tertiary/aromatic N) is 3. The number of anilines is 1. The molecule has 2 aromatic heterocycles. The van der Waals surface area contributed by atoms with Crippen molar-refractivity contribution in [3.05, 3.63) is 78.4 Å². The zero-order valence-corrected chi connectivity index (χ0v) is 13.3. The first kappa shape index (κ1) is 15.1. The fourth-order valence-corrected chi connectivity index (χ4v) is 2.66. The Bertz CT molecular complexity index is 990. The molecule has 0 bridgehead atoms. The molecule has 0 saturated carbocycles. The highest BCUT2D eigenvalue weighted by molar-refractivity contribution is 5.62. The third-order valence-corrected chi connectivity index (χ3v) is 3.82. The van der Waals surface area contributed by atoms with Gasteiger partial charge in [0.2, 0.25) is 5.89 Å². The molecule has 2 heterocycles. The molecule has 2 aromatic carbocycles. The summed E-state index contributed by atoms with van der Waals surface area (Å²) in [5, 5.41) is 4.34. The second-order valence-electron chi connectivity index (χ2n) is 5.63. The molecular weight excluding hydrogens is 319 g/mol. The first-order valence-corrected chi connectivity index (χ1v) is 7.78. The summed E-state index contributed by atoms with van der Waals surface area (Å²) in [6.45, 7) is 0.423. The Hall–Kier alpha value is -3.41. The zero-order valence-electron chi connectivity index (χ0n) is 13.3. The molecule has 0 atom stereocenters. The highest BCUT2D eigenvalue weighted by Crippen LogP contribution is 2.24. The molecule has 6 heteroatoms. The quantitative estimate of drug-likeness (QED) is 0.613. The molecule has 0 saturated heterocycles. The van der Waals surface area contributed by atoms with Gasteiger partial charge in [-0.05, 0) is 29.8 Å². The van der Waals surface area contributed by atoms with Crippen LogP contribution >= 0.6 is 0 Å². The lowest BCUT2D eigenvalue weighted by molar-refractivity contribution is 0.569. The monoisotopic (exact) mass is 334 g/mol. The van der Waals surface area contributed by atoms with Crippen molar-refractivity contribution in [2.45, 2.75) is 6.54 Å². The number of nitrogen functional groups attached to an aromatic ring is 1. The van der Waals surface area contributed by atoms with E-state index in [1.54, 1.807) is 23.1 Å². The third kappa shape index (κ3) is 3.14. The van der Waals surface area contributed by atoms with Crippen molar-refractivity contribution < 1.29 is 8.81 Å². The SMILES string of the molecule is Nc1cc(-c2ccccc2)n(Cc2coc(-c3ccc(F)cc3)n2)n1. The summed E-state index contributed by atoms with van der Waals surface area (Å²) in [6, 6.07) is 17.7. The summed E-state index contributed by atoms with van der Waals surface area (Å²) in [7, 11) is 0. The Balaban J connectivity index is 1.62. The van der Waals surface area contributed by atoms with E-state index in [0.29, 0.717) is 23.9 Å². The second-order valence-corrected chi connectivity index (χ2v) is 5.63. The van der Waals surface area contributed by atoms with E-state index in [0.717, 1.165) is 16.8 Å². The van der Waals surface area contributed by atoms with Crippen LogP contribution in [0.5, 0.6) is 0 Å². The van der Waals surface area contributed by atoms with Crippen molar-refractivity contribution in [3.8, 4) is 22.7 Å². The van der Waals surface area contributed by atoms with Crippen LogP contribution in [0.25, 0.3) is 22.7 Å². The summed E-state index contributed by atoms with van der Waals surface area (Å²) in [5.41, 5.74) is 9.23. The highest BCUT2D eigenvalue weighted by Gasteiger charge is 2.12. The Morgan fingerprint density at radius 3 is 2.52 bits per heavy atom. The van der Waals surface area contributed by atoms with Crippen LogP contribution in [0.3, 0.4) is 0 Å². The van der Waals surface area contributed by atoms with E-state index in [4.69, 9.17) is 10.2 Å². The topological polar surface area (TPSA) is 69.9 Å². The predicted octanol–water partition coefficient (Wildman–Crippen LogP) is 3.97. The van der Waals surface area contributed by atoms with Gasteiger partial charge in [-0.3, -0.25) is 4.68 Å². The highest BCUT2D eigenvalue weighted by atomic mass is 19.1. The molecule has 5 nitrogen and oxygen atoms in total. The fraction of sp³-hybridized carbons (Fsp3) is 0.0526. The zero-order chi connectivity index (χ0) is 17.2. The van der Waals surface area contributed by atoms with Crippen molar-refractivity contribution in [2.75, 3.05) is 5.73 Å². The molecule has 0 amide bonds. The van der Waals surface area contributed by atoms with Crippen LogP contribution in [0.15, 0.2) is 71.3 Å². The minimum Gasteiger partial charge on any atom is -0.444 e. The van der Waals surface area contributed by atoms with Gasteiger partial charge < -0.3 is 10.2 Å². The standard InChI is InChI=1S/C19H15FN4O/c20-15-8-6-14(7-9-15)19-22-16(12-25-19)11-24-17(10-18(21)23-24)13-4-2-1-3-5-13/h1-10,12H,11H2,(H2,21,23). The third-order valence-electron chi connectivity index (χ3n) is 3.82. The summed E-state index contributed by atoms with van der Waals surface area (Å²) < 4.78 is 20.3. The fourth-order valence-electron chi connectivity index (χ4n) is 2.66. The van der Waals surface area contributed by atoms with E-state index < -0.39 is 0 Å². The van der Waals surface area contributed by atoms with Gasteiger partial charge in [-0.25, -0.2) is 9.37 Å². The first-order chi connectivity index (χ1) is 12.2. The van der Waals surface area contributed by atoms with E-state index in [9.17, 15) is 4.39 Å². The molecule has 0 aliphatic heterocycles. The number of halogens is 1. The van der Waals surface area contributed by atoms with E-state index in [2.05, 4.69) is 10.1 Å². The first-order valence-electron chi connectivity index (χ1n) is 7.78. The molecule has 0 radical (unpaired) electrons. The molecule has 0 unspecified atom stereocenters. The van der Waals surface area contributed by atoms with Gasteiger partial charge in [0.05, 0.1) is 12.2 Å². The molecule has 2 N–H and O–H groups in total. The van der Waals surface area contributed by atoms with Gasteiger partial charge in [0, 0.05) is 11.6 Å². The maximum absolute atomic E-state index is 13.0. The average molecular weight is 334 g/mol. The van der Waals surface area contributed by atoms with E-state index in [1.807, 2.05) is 36.4 Å². The normalized spacial score (nSPS) is 10.9. The molecule has 124 valence electrons. The lowest BCUT2D eigenvalue weighted by Gasteiger charge is -2.05. The van der Waals surface area contributed by atoms with Gasteiger partial charge in [-0.1, -0.05) is 30.3 Å². The smallest absolute Gasteiger partial charge is 0.226 e. The Kier molecular flexibility index (Phi) is 3.78. The van der Waals surface area contributed by atoms with Gasteiger partial charge in [0.1, 0.15) is 23.6 Å². The van der Waals surface area contributed by atoms with Crippen molar-refractivity contribution in [2.24, 2.45) is 0 Å². The number of nitrogens with two attached hydrogens (primary N) is 1. The van der Waals surface area contributed by atoms with Crippen LogP contribution in [-0.4, -0.2) is 14.8 Å². The molecule has 0 spiro atoms. The number of aromatic nitrogens is 3. The maximum Gasteiger partial charge on any atom is 0.226 e. The number of oxazole rings is 1. The van der Waals surface area contributed by atoms with Gasteiger partial charge in [-0.2, -0.15) is 5.10 Å². The van der Waals surface area contributed by atoms with Crippen molar-refractivity contribution in [3.63, 3.8) is 0 Å². The van der Waals surface area contributed by atoms with Crippen LogP contribution in [-0.2, 0) is 6.54 Å². The predicted molar refractivity (Wildman–Crippen MR) is 93.1 cm³/mol. The molecule has 25 heavy (non-hydrogen) atoms. The van der Waals surface area contributed by atoms with Gasteiger partial charge in [0.15, 0.2) is 0 Å². The summed E-state index contributed by atoms with van der Waals surface area (Å²) in [6.07, 6.45) is 1.57. The van der Waals surface area contributed by atoms with E-state index in [-0.39, 0.29) is 5.82 Å². The maximum atomic E-state index is 13.0. The van der Waals surface area contributed by atoms with Gasteiger partial charge >= 0.3 is 0 Å². The minimum atomic E-state index is -0.296. The molecule has 4 aromatic rings. The minimum absolute atomic E-state index is 0.296. The lowest BCUT2D eigenvalue weighted by atomic mass is 10.1. The molecular formula is C19H15FN4O. The summed E-state index contributed by atoms with van der Waals surface area (Å²) in [5.74, 6) is 0.590. The molecule has 0 fully saturated rings. The van der Waals surface area contributed by atoms with Crippen LogP contribution in [0.2, 0.25) is 0 Å². The largest absolute Gasteiger partial charge is 0.444 e. The molecule has 0 aliphatic rings. The Morgan fingerprint density at radius 1 is 1.00 bits per heavy atom. The van der Waals surface area contributed by atoms with Crippen molar-refractivity contribution in [1.82, 2.24) is 14.8 Å². The van der Waals surface area contributed by atoms with Crippen molar-refractivity contribution in [1.29, 1.82) is 0 Å². The van der Waals surface area contributed by atoms with Crippen LogP contribution in [0.4, 0.5) is 10.2 Å². The van der Waals surface area contributed by atoms with E-state index in [1.165, 1.54) is 12.1 Å². The van der Waals surface area contributed by atoms with Gasteiger partial charge in [-0.15, -0.1) is 0 Å². The number of benzene rings is 2. The Morgan fingerprint density at radius 2 is 1.76 bits per heavy atom. The van der Waals surface area contributed by atoms with Crippen molar-refractivity contribution >= 4 is 5.82 Å². The van der Waals surface area contributed by atoms with E-state index >= 15 is 0 Å². The van der Waals surface area contributed by atoms with Crippen LogP contribution in [0.1, 0.15) is 5.69 Å². The summed E-state index contributed by atoms with van der Waals surface area (Å²) >= 11 is 0. The number of rotatable bonds is 4. The second kappa shape index (κ2) is 6.24. The van der Waals surface area contributed by atoms with Crippen LogP contribution in [0, 0.1) is 5.82 Å². The number of hydrogen-bond donors (Lipinski definition) is 1. The molecule has 4 rings (SSSR count). The Labute approximate surface area is 143 Å². The lowest BCUT2D eigenvalue weighted by Crippen LogP contribution is -2.04.